The average molecular weight is 187 g/mol. The molecule has 0 radical (unpaired) electrons. The fourth-order valence-electron chi connectivity index (χ4n) is 2.37. The average Bonchev–Trinajstić information content (AvgIpc) is 2.44. The highest BCUT2D eigenvalue weighted by atomic mass is 16.5. The number of ether oxygens (including phenoxy) is 1. The van der Waals surface area contributed by atoms with Gasteiger partial charge in [-0.2, -0.15) is 0 Å². The van der Waals surface area contributed by atoms with Crippen LogP contribution in [0.25, 0.3) is 0 Å². The predicted octanol–water partition coefficient (Wildman–Crippen LogP) is 2.38. The first kappa shape index (κ1) is 8.04. The molecule has 2 nitrogen and oxygen atoms in total. The third kappa shape index (κ3) is 1.14. The van der Waals surface area contributed by atoms with Crippen molar-refractivity contribution >= 4 is 6.21 Å². The van der Waals surface area contributed by atoms with E-state index in [2.05, 4.69) is 17.1 Å². The molecule has 0 aromatic heterocycles. The maximum Gasteiger partial charge on any atom is 0.123 e. The minimum absolute atomic E-state index is 0.664. The highest BCUT2D eigenvalue weighted by Crippen LogP contribution is 2.38. The van der Waals surface area contributed by atoms with Crippen molar-refractivity contribution in [2.75, 3.05) is 13.2 Å². The van der Waals surface area contributed by atoms with Crippen LogP contribution in [0.4, 0.5) is 0 Å². The second-order valence-electron chi connectivity index (χ2n) is 3.92. The third-order valence-electron chi connectivity index (χ3n) is 3.07. The highest BCUT2D eigenvalue weighted by molar-refractivity contribution is 5.83. The normalized spacial score (nSPS) is 23.6. The maximum atomic E-state index is 5.66. The second kappa shape index (κ2) is 3.12. The van der Waals surface area contributed by atoms with Gasteiger partial charge < -0.3 is 4.74 Å². The van der Waals surface area contributed by atoms with Crippen molar-refractivity contribution < 1.29 is 4.74 Å². The van der Waals surface area contributed by atoms with Crippen LogP contribution >= 0.6 is 0 Å². The Balaban J connectivity index is 2.20. The van der Waals surface area contributed by atoms with Gasteiger partial charge in [0.2, 0.25) is 0 Å². The Bertz CT molecular complexity index is 384. The fourth-order valence-corrected chi connectivity index (χ4v) is 2.37. The van der Waals surface area contributed by atoms with Crippen LogP contribution in [-0.2, 0) is 0 Å². The van der Waals surface area contributed by atoms with Crippen molar-refractivity contribution in [3.63, 3.8) is 0 Å². The van der Waals surface area contributed by atoms with Crippen LogP contribution in [-0.4, -0.2) is 19.4 Å². The Morgan fingerprint density at radius 3 is 3.29 bits per heavy atom. The van der Waals surface area contributed by atoms with E-state index in [1.165, 1.54) is 17.5 Å². The fraction of sp³-hybridized carbons (Fsp3) is 0.417. The summed E-state index contributed by atoms with van der Waals surface area (Å²) >= 11 is 0. The van der Waals surface area contributed by atoms with Crippen LogP contribution < -0.4 is 4.74 Å². The molecule has 0 amide bonds. The Morgan fingerprint density at radius 1 is 1.29 bits per heavy atom. The van der Waals surface area contributed by atoms with Crippen molar-refractivity contribution in [1.29, 1.82) is 0 Å². The summed E-state index contributed by atoms with van der Waals surface area (Å²) in [6, 6.07) is 6.26. The zero-order chi connectivity index (χ0) is 9.38. The van der Waals surface area contributed by atoms with E-state index in [1.807, 2.05) is 12.3 Å². The van der Waals surface area contributed by atoms with E-state index in [1.54, 1.807) is 0 Å². The van der Waals surface area contributed by atoms with E-state index in [0.717, 1.165) is 25.3 Å². The molecular weight excluding hydrogens is 174 g/mol. The second-order valence-corrected chi connectivity index (χ2v) is 3.92. The van der Waals surface area contributed by atoms with Crippen molar-refractivity contribution in [3.05, 3.63) is 29.3 Å². The smallest absolute Gasteiger partial charge is 0.123 e. The summed E-state index contributed by atoms with van der Waals surface area (Å²) in [5.74, 6) is 1.74. The molecule has 0 spiro atoms. The monoisotopic (exact) mass is 187 g/mol. The third-order valence-corrected chi connectivity index (χ3v) is 3.07. The molecule has 1 aromatic rings. The molecule has 1 atom stereocenters. The number of rotatable bonds is 0. The van der Waals surface area contributed by atoms with E-state index in [-0.39, 0.29) is 0 Å². The largest absolute Gasteiger partial charge is 0.493 e. The van der Waals surface area contributed by atoms with Gasteiger partial charge in [-0.3, -0.25) is 4.99 Å². The molecule has 2 aliphatic heterocycles. The molecule has 2 aliphatic rings. The van der Waals surface area contributed by atoms with E-state index in [0.29, 0.717) is 5.92 Å². The van der Waals surface area contributed by atoms with Crippen LogP contribution in [0.1, 0.15) is 29.9 Å². The Kier molecular flexibility index (Phi) is 1.79. The molecule has 0 N–H and O–H groups in total. The summed E-state index contributed by atoms with van der Waals surface area (Å²) < 4.78 is 5.66. The first-order valence-corrected chi connectivity index (χ1v) is 5.21. The van der Waals surface area contributed by atoms with Gasteiger partial charge >= 0.3 is 0 Å². The summed E-state index contributed by atoms with van der Waals surface area (Å²) in [6.45, 7) is 1.82. The summed E-state index contributed by atoms with van der Waals surface area (Å²) in [5.41, 5.74) is 2.64. The van der Waals surface area contributed by atoms with Crippen LogP contribution in [0.3, 0.4) is 0 Å². The van der Waals surface area contributed by atoms with Crippen LogP contribution in [0.5, 0.6) is 5.75 Å². The lowest BCUT2D eigenvalue weighted by Gasteiger charge is -2.25. The van der Waals surface area contributed by atoms with E-state index >= 15 is 0 Å². The quantitative estimate of drug-likeness (QED) is 0.611. The maximum absolute atomic E-state index is 5.66. The van der Waals surface area contributed by atoms with Gasteiger partial charge in [0, 0.05) is 18.3 Å². The number of hydrogen-bond acceptors (Lipinski definition) is 2. The minimum Gasteiger partial charge on any atom is -0.493 e. The van der Waals surface area contributed by atoms with Crippen molar-refractivity contribution in [2.45, 2.75) is 18.8 Å². The van der Waals surface area contributed by atoms with Crippen LogP contribution in [0, 0.1) is 0 Å². The Hall–Kier alpha value is -1.31. The molecular formula is C12H13NO. The molecule has 0 aliphatic carbocycles. The number of aliphatic imine (C=N–C) groups is 1. The van der Waals surface area contributed by atoms with Gasteiger partial charge in [0.1, 0.15) is 5.75 Å². The van der Waals surface area contributed by atoms with Crippen molar-refractivity contribution in [1.82, 2.24) is 0 Å². The Morgan fingerprint density at radius 2 is 2.29 bits per heavy atom. The topological polar surface area (TPSA) is 21.6 Å². The summed E-state index contributed by atoms with van der Waals surface area (Å²) in [4.78, 5) is 4.40. The van der Waals surface area contributed by atoms with Crippen molar-refractivity contribution in [2.24, 2.45) is 4.99 Å². The lowest BCUT2D eigenvalue weighted by atomic mass is 9.88. The standard InChI is InChI=1S/C12H13NO/c1-2-10-8-13-6-4-9-5-7-14-11(3-1)12(9)10/h1-3,8-9H,4-7H2. The molecule has 14 heavy (non-hydrogen) atoms. The summed E-state index contributed by atoms with van der Waals surface area (Å²) in [7, 11) is 0. The molecule has 3 rings (SSSR count). The predicted molar refractivity (Wildman–Crippen MR) is 56.4 cm³/mol. The van der Waals surface area contributed by atoms with Gasteiger partial charge in [-0.05, 0) is 30.4 Å². The summed E-state index contributed by atoms with van der Waals surface area (Å²) in [6.07, 6.45) is 4.31. The van der Waals surface area contributed by atoms with E-state index in [9.17, 15) is 0 Å². The molecule has 0 bridgehead atoms. The molecule has 2 heterocycles. The van der Waals surface area contributed by atoms with E-state index in [4.69, 9.17) is 4.74 Å². The SMILES string of the molecule is C1=NCCC2CCOc3cccc1c32. The minimum atomic E-state index is 0.664. The van der Waals surface area contributed by atoms with Crippen molar-refractivity contribution in [3.8, 4) is 5.75 Å². The highest BCUT2D eigenvalue weighted by Gasteiger charge is 2.24. The number of benzene rings is 1. The molecule has 72 valence electrons. The van der Waals surface area contributed by atoms with Crippen LogP contribution in [0.15, 0.2) is 23.2 Å². The zero-order valence-electron chi connectivity index (χ0n) is 8.07. The van der Waals surface area contributed by atoms with Crippen LogP contribution in [0.2, 0.25) is 0 Å². The van der Waals surface area contributed by atoms with Gasteiger partial charge in [0.05, 0.1) is 6.61 Å². The molecule has 0 saturated heterocycles. The van der Waals surface area contributed by atoms with Gasteiger partial charge in [-0.25, -0.2) is 0 Å². The van der Waals surface area contributed by atoms with Gasteiger partial charge in [-0.15, -0.1) is 0 Å². The first-order chi connectivity index (χ1) is 6.95. The number of nitrogens with zero attached hydrogens (tertiary/aromatic N) is 1. The van der Waals surface area contributed by atoms with Gasteiger partial charge in [0.25, 0.3) is 0 Å². The first-order valence-electron chi connectivity index (χ1n) is 5.21. The molecule has 0 saturated carbocycles. The lowest BCUT2D eigenvalue weighted by molar-refractivity contribution is 0.264. The van der Waals surface area contributed by atoms with E-state index < -0.39 is 0 Å². The van der Waals surface area contributed by atoms with Gasteiger partial charge in [0.15, 0.2) is 0 Å². The molecule has 2 heteroatoms. The zero-order valence-corrected chi connectivity index (χ0v) is 8.07. The van der Waals surface area contributed by atoms with Gasteiger partial charge in [-0.1, -0.05) is 12.1 Å². The lowest BCUT2D eigenvalue weighted by Crippen LogP contribution is -2.15. The number of hydrogen-bond donors (Lipinski definition) is 0. The Labute approximate surface area is 83.6 Å². The summed E-state index contributed by atoms with van der Waals surface area (Å²) in [5, 5.41) is 0. The molecule has 0 fully saturated rings. The molecule has 1 unspecified atom stereocenters. The molecule has 1 aromatic carbocycles.